The summed E-state index contributed by atoms with van der Waals surface area (Å²) in [6.45, 7) is -0.0687. The highest BCUT2D eigenvalue weighted by Gasteiger charge is 2.14. The number of aromatic nitrogens is 3. The molecule has 7 nitrogen and oxygen atoms in total. The average Bonchev–Trinajstić information content (AvgIpc) is 2.98. The van der Waals surface area contributed by atoms with E-state index in [-0.39, 0.29) is 18.0 Å². The van der Waals surface area contributed by atoms with Crippen LogP contribution in [0.5, 0.6) is 0 Å². The van der Waals surface area contributed by atoms with Gasteiger partial charge in [0.05, 0.1) is 0 Å². The highest BCUT2D eigenvalue weighted by molar-refractivity contribution is 7.89. The summed E-state index contributed by atoms with van der Waals surface area (Å²) < 4.78 is 26.7. The number of rotatable bonds is 5. The molecule has 2 aromatic rings. The minimum atomic E-state index is -3.65. The molecule has 3 N–H and O–H groups in total. The number of aromatic amines is 1. The molecule has 8 heteroatoms. The quantitative estimate of drug-likeness (QED) is 0.656. The van der Waals surface area contributed by atoms with Crippen molar-refractivity contribution < 1.29 is 13.5 Å². The van der Waals surface area contributed by atoms with Crippen molar-refractivity contribution in [3.8, 4) is 11.8 Å². The van der Waals surface area contributed by atoms with Gasteiger partial charge in [-0.15, -0.1) is 0 Å². The smallest absolute Gasteiger partial charge is 0.242 e. The first-order chi connectivity index (χ1) is 10.1. The third-order valence-corrected chi connectivity index (χ3v) is 3.97. The van der Waals surface area contributed by atoms with Crippen LogP contribution in [0.15, 0.2) is 35.7 Å². The highest BCUT2D eigenvalue weighted by Crippen LogP contribution is 2.08. The lowest BCUT2D eigenvalue weighted by molar-refractivity contribution is 0.350. The Balaban J connectivity index is 2.04. The van der Waals surface area contributed by atoms with Gasteiger partial charge in [-0.25, -0.2) is 18.1 Å². The fourth-order valence-corrected chi connectivity index (χ4v) is 2.62. The van der Waals surface area contributed by atoms with Gasteiger partial charge >= 0.3 is 0 Å². The van der Waals surface area contributed by atoms with Crippen molar-refractivity contribution in [3.05, 3.63) is 42.2 Å². The highest BCUT2D eigenvalue weighted by atomic mass is 32.2. The van der Waals surface area contributed by atoms with E-state index < -0.39 is 10.0 Å². The molecule has 0 atom stereocenters. The molecule has 2 aromatic heterocycles. The van der Waals surface area contributed by atoms with Gasteiger partial charge in [-0.2, -0.15) is 0 Å². The zero-order valence-corrected chi connectivity index (χ0v) is 11.9. The molecule has 0 aliphatic rings. The normalized spacial score (nSPS) is 10.9. The minimum Gasteiger partial charge on any atom is -0.384 e. The third kappa shape index (κ3) is 4.39. The average molecular weight is 306 g/mol. The second-order valence-electron chi connectivity index (χ2n) is 4.05. The van der Waals surface area contributed by atoms with Crippen LogP contribution in [-0.2, 0) is 16.4 Å². The molecule has 0 fully saturated rings. The zero-order chi connectivity index (χ0) is 15.1. The summed E-state index contributed by atoms with van der Waals surface area (Å²) >= 11 is 0. The van der Waals surface area contributed by atoms with Crippen LogP contribution in [0.25, 0.3) is 0 Å². The maximum atomic E-state index is 12.1. The summed E-state index contributed by atoms with van der Waals surface area (Å²) in [5, 5.41) is 8.63. The lowest BCUT2D eigenvalue weighted by Crippen LogP contribution is -2.26. The van der Waals surface area contributed by atoms with Crippen molar-refractivity contribution in [2.24, 2.45) is 0 Å². The van der Waals surface area contributed by atoms with Crippen molar-refractivity contribution in [2.75, 3.05) is 13.2 Å². The Morgan fingerprint density at radius 1 is 1.38 bits per heavy atom. The number of hydrogen-bond acceptors (Lipinski definition) is 5. The van der Waals surface area contributed by atoms with Crippen LogP contribution in [0.3, 0.4) is 0 Å². The molecule has 2 rings (SSSR count). The summed E-state index contributed by atoms with van der Waals surface area (Å²) in [6, 6.07) is 1.41. The number of nitrogens with one attached hydrogen (secondary N) is 2. The SMILES string of the molecule is O=S(=O)(NCCc1ncc[nH]1)c1cncc(C#CCO)c1. The molecule has 0 saturated heterocycles. The van der Waals surface area contributed by atoms with E-state index in [0.29, 0.717) is 17.8 Å². The fourth-order valence-electron chi connectivity index (χ4n) is 1.60. The number of hydrogen-bond donors (Lipinski definition) is 3. The van der Waals surface area contributed by atoms with Crippen molar-refractivity contribution in [3.63, 3.8) is 0 Å². The van der Waals surface area contributed by atoms with Gasteiger partial charge in [-0.05, 0) is 6.07 Å². The third-order valence-electron chi connectivity index (χ3n) is 2.54. The van der Waals surface area contributed by atoms with Crippen LogP contribution in [-0.4, -0.2) is 41.6 Å². The van der Waals surface area contributed by atoms with Gasteiger partial charge in [-0.3, -0.25) is 4.98 Å². The lowest BCUT2D eigenvalue weighted by atomic mass is 10.3. The summed E-state index contributed by atoms with van der Waals surface area (Å²) in [5.41, 5.74) is 0.429. The predicted octanol–water partition coefficient (Wildman–Crippen LogP) is -0.331. The van der Waals surface area contributed by atoms with Crippen molar-refractivity contribution in [1.82, 2.24) is 19.7 Å². The molecule has 0 bridgehead atoms. The molecule has 0 aliphatic carbocycles. The number of nitrogens with zero attached hydrogens (tertiary/aromatic N) is 2. The van der Waals surface area contributed by atoms with Crippen molar-refractivity contribution in [2.45, 2.75) is 11.3 Å². The van der Waals surface area contributed by atoms with Gasteiger partial charge in [0.15, 0.2) is 0 Å². The van der Waals surface area contributed by atoms with Gasteiger partial charge < -0.3 is 10.1 Å². The van der Waals surface area contributed by atoms with E-state index in [2.05, 4.69) is 31.5 Å². The predicted molar refractivity (Wildman–Crippen MR) is 75.7 cm³/mol. The van der Waals surface area contributed by atoms with E-state index in [4.69, 9.17) is 5.11 Å². The van der Waals surface area contributed by atoms with E-state index >= 15 is 0 Å². The Labute approximate surface area is 122 Å². The Morgan fingerprint density at radius 2 is 2.24 bits per heavy atom. The Hall–Kier alpha value is -2.21. The van der Waals surface area contributed by atoms with Gasteiger partial charge in [0, 0.05) is 43.3 Å². The first-order valence-corrected chi connectivity index (χ1v) is 7.63. The number of aliphatic hydroxyl groups is 1. The number of aliphatic hydroxyl groups excluding tert-OH is 1. The maximum Gasteiger partial charge on any atom is 0.242 e. The van der Waals surface area contributed by atoms with E-state index in [1.165, 1.54) is 18.5 Å². The van der Waals surface area contributed by atoms with Gasteiger partial charge in [0.25, 0.3) is 0 Å². The monoisotopic (exact) mass is 306 g/mol. The summed E-state index contributed by atoms with van der Waals surface area (Å²) in [6.07, 6.45) is 6.43. The molecule has 0 radical (unpaired) electrons. The largest absolute Gasteiger partial charge is 0.384 e. The summed E-state index contributed by atoms with van der Waals surface area (Å²) in [5.74, 6) is 5.77. The minimum absolute atomic E-state index is 0.0340. The van der Waals surface area contributed by atoms with Gasteiger partial charge in [0.1, 0.15) is 17.3 Å². The lowest BCUT2D eigenvalue weighted by Gasteiger charge is -2.05. The van der Waals surface area contributed by atoms with E-state index in [0.717, 1.165) is 0 Å². The molecular formula is C13H14N4O3S. The number of pyridine rings is 1. The molecule has 0 amide bonds. The van der Waals surface area contributed by atoms with Crippen LogP contribution in [0.2, 0.25) is 0 Å². The van der Waals surface area contributed by atoms with Crippen LogP contribution in [0, 0.1) is 11.8 Å². The molecule has 0 saturated carbocycles. The summed E-state index contributed by atoms with van der Waals surface area (Å²) in [7, 11) is -3.65. The second-order valence-corrected chi connectivity index (χ2v) is 5.82. The van der Waals surface area contributed by atoms with Crippen molar-refractivity contribution >= 4 is 10.0 Å². The second kappa shape index (κ2) is 6.99. The van der Waals surface area contributed by atoms with Crippen LogP contribution >= 0.6 is 0 Å². The molecule has 0 unspecified atom stereocenters. The molecule has 2 heterocycles. The zero-order valence-electron chi connectivity index (χ0n) is 11.1. The Bertz CT molecular complexity index is 745. The molecule has 110 valence electrons. The van der Waals surface area contributed by atoms with Crippen LogP contribution < -0.4 is 4.72 Å². The first kappa shape index (κ1) is 15.2. The number of sulfonamides is 1. The topological polar surface area (TPSA) is 108 Å². The number of imidazole rings is 1. The van der Waals surface area contributed by atoms with E-state index in [1.54, 1.807) is 12.4 Å². The Kier molecular flexibility index (Phi) is 5.05. The first-order valence-electron chi connectivity index (χ1n) is 6.14. The fraction of sp³-hybridized carbons (Fsp3) is 0.231. The molecule has 0 aromatic carbocycles. The molecule has 0 aliphatic heterocycles. The van der Waals surface area contributed by atoms with Crippen molar-refractivity contribution in [1.29, 1.82) is 0 Å². The van der Waals surface area contributed by atoms with Crippen LogP contribution in [0.1, 0.15) is 11.4 Å². The van der Waals surface area contributed by atoms with Gasteiger partial charge in [-0.1, -0.05) is 11.8 Å². The van der Waals surface area contributed by atoms with Gasteiger partial charge in [0.2, 0.25) is 10.0 Å². The van der Waals surface area contributed by atoms with E-state index in [9.17, 15) is 8.42 Å². The maximum absolute atomic E-state index is 12.1. The molecular weight excluding hydrogens is 292 g/mol. The summed E-state index contributed by atoms with van der Waals surface area (Å²) in [4.78, 5) is 10.8. The van der Waals surface area contributed by atoms with E-state index in [1.807, 2.05) is 0 Å². The Morgan fingerprint density at radius 3 is 2.95 bits per heavy atom. The standard InChI is InChI=1S/C13H14N4O3S/c18-7-1-2-11-8-12(10-14-9-11)21(19,20)17-4-3-13-15-5-6-16-13/h5-6,8-10,17-18H,3-4,7H2,(H,15,16). The molecule has 0 spiro atoms. The molecule has 21 heavy (non-hydrogen) atoms. The number of H-pyrrole nitrogens is 1. The van der Waals surface area contributed by atoms with Crippen LogP contribution in [0.4, 0.5) is 0 Å².